The van der Waals surface area contributed by atoms with E-state index in [1.165, 1.54) is 0 Å². The minimum atomic E-state index is -1.08. The number of benzene rings is 1. The normalized spacial score (nSPS) is 11.2. The van der Waals surface area contributed by atoms with Crippen molar-refractivity contribution in [3.8, 4) is 0 Å². The summed E-state index contributed by atoms with van der Waals surface area (Å²) in [5.74, 6) is -3.01. The van der Waals surface area contributed by atoms with Gasteiger partial charge in [0.15, 0.2) is 0 Å². The van der Waals surface area contributed by atoms with Gasteiger partial charge in [-0.05, 0) is 12.0 Å². The van der Waals surface area contributed by atoms with Gasteiger partial charge in [0, 0.05) is 0 Å². The van der Waals surface area contributed by atoms with Gasteiger partial charge in [-0.3, -0.25) is 9.59 Å². The quantitative estimate of drug-likeness (QED) is 0.685. The van der Waals surface area contributed by atoms with Gasteiger partial charge in [0.05, 0.1) is 12.3 Å². The Morgan fingerprint density at radius 1 is 1.19 bits per heavy atom. The van der Waals surface area contributed by atoms with E-state index in [0.717, 1.165) is 5.56 Å². The Morgan fingerprint density at radius 2 is 1.75 bits per heavy atom. The molecule has 5 heteroatoms. The van der Waals surface area contributed by atoms with Crippen molar-refractivity contribution in [2.45, 2.75) is 12.8 Å². The Hall–Kier alpha value is 0.212. The van der Waals surface area contributed by atoms with Crippen LogP contribution in [0.25, 0.3) is 0 Å². The summed E-state index contributed by atoms with van der Waals surface area (Å²) in [6.07, 6.45) is -0.0906. The van der Waals surface area contributed by atoms with E-state index in [4.69, 9.17) is 10.2 Å². The molecule has 0 aromatic heterocycles. The van der Waals surface area contributed by atoms with E-state index in [2.05, 4.69) is 0 Å². The molecule has 0 aliphatic heterocycles. The molecule has 4 nitrogen and oxygen atoms in total. The van der Waals surface area contributed by atoms with Gasteiger partial charge in [0.25, 0.3) is 0 Å². The fourth-order valence-electron chi connectivity index (χ4n) is 1.36. The van der Waals surface area contributed by atoms with Gasteiger partial charge >= 0.3 is 80.8 Å². The van der Waals surface area contributed by atoms with Crippen molar-refractivity contribution in [1.82, 2.24) is 0 Å². The number of aliphatic carboxylic acids is 2. The molecular weight excluding hydrogens is 329 g/mol. The molecule has 0 saturated heterocycles. The van der Waals surface area contributed by atoms with E-state index < -0.39 is 17.9 Å². The van der Waals surface area contributed by atoms with Crippen LogP contribution >= 0.6 is 0 Å². The number of rotatable bonds is 5. The molecule has 2 N–H and O–H groups in total. The molecule has 0 bridgehead atoms. The largest absolute Gasteiger partial charge is 1.00 e. The zero-order chi connectivity index (χ0) is 11.3. The van der Waals surface area contributed by atoms with Crippen LogP contribution in [0.2, 0.25) is 0 Å². The maximum absolute atomic E-state index is 10.8. The van der Waals surface area contributed by atoms with Gasteiger partial charge in [0.2, 0.25) is 0 Å². The molecular formula is C11H13CsO4. The smallest absolute Gasteiger partial charge is 1.00 e. The molecule has 16 heavy (non-hydrogen) atoms. The van der Waals surface area contributed by atoms with E-state index in [9.17, 15) is 9.59 Å². The Kier molecular flexibility index (Phi) is 8.43. The minimum absolute atomic E-state index is 0. The van der Waals surface area contributed by atoms with Crippen molar-refractivity contribution in [2.24, 2.45) is 5.92 Å². The maximum atomic E-state index is 10.8. The van der Waals surface area contributed by atoms with E-state index in [1.807, 2.05) is 6.07 Å². The first-order chi connectivity index (χ1) is 7.09. The summed E-state index contributed by atoms with van der Waals surface area (Å²) < 4.78 is 0. The molecule has 0 aliphatic rings. The molecule has 1 aromatic rings. The topological polar surface area (TPSA) is 74.6 Å². The summed E-state index contributed by atoms with van der Waals surface area (Å²) in [4.78, 5) is 21.2. The number of carbonyl (C=O) groups is 2. The Balaban J connectivity index is 0. The van der Waals surface area contributed by atoms with Gasteiger partial charge in [-0.1, -0.05) is 30.3 Å². The summed E-state index contributed by atoms with van der Waals surface area (Å²) in [5.41, 5.74) is 0.839. The second-order valence-corrected chi connectivity index (χ2v) is 3.32. The molecule has 0 amide bonds. The van der Waals surface area contributed by atoms with Gasteiger partial charge in [0.1, 0.15) is 0 Å². The van der Waals surface area contributed by atoms with Gasteiger partial charge in [-0.15, -0.1) is 0 Å². The summed E-state index contributed by atoms with van der Waals surface area (Å²) in [6, 6.07) is 9.01. The monoisotopic (exact) mass is 342 g/mol. The van der Waals surface area contributed by atoms with Crippen LogP contribution in [0.5, 0.6) is 0 Å². The number of carboxylic acids is 2. The molecule has 1 atom stereocenters. The van der Waals surface area contributed by atoms with Gasteiger partial charge in [-0.25, -0.2) is 0 Å². The molecule has 82 valence electrons. The van der Waals surface area contributed by atoms with Crippen molar-refractivity contribution in [2.75, 3.05) is 0 Å². The van der Waals surface area contributed by atoms with Crippen LogP contribution < -0.4 is 68.9 Å². The molecule has 0 radical (unpaired) electrons. The third-order valence-electron chi connectivity index (χ3n) is 2.10. The van der Waals surface area contributed by atoms with E-state index >= 15 is 0 Å². The maximum Gasteiger partial charge on any atom is 1.00 e. The van der Waals surface area contributed by atoms with Crippen LogP contribution in [0.15, 0.2) is 30.3 Å². The molecule has 0 fully saturated rings. The van der Waals surface area contributed by atoms with E-state index in [-0.39, 0.29) is 83.2 Å². The summed E-state index contributed by atoms with van der Waals surface area (Å²) in [6.45, 7) is 0. The predicted octanol–water partition coefficient (Wildman–Crippen LogP) is -1.48. The minimum Gasteiger partial charge on any atom is -1.00 e. The first-order valence-corrected chi connectivity index (χ1v) is 4.58. The molecule has 0 saturated carbocycles. The second-order valence-electron chi connectivity index (χ2n) is 3.32. The van der Waals surface area contributed by atoms with Crippen molar-refractivity contribution < 1.29 is 90.1 Å². The average molecular weight is 342 g/mol. The summed E-state index contributed by atoms with van der Waals surface area (Å²) in [7, 11) is 0. The van der Waals surface area contributed by atoms with Crippen LogP contribution in [-0.4, -0.2) is 22.2 Å². The van der Waals surface area contributed by atoms with Gasteiger partial charge in [-0.2, -0.15) is 0 Å². The molecule has 0 spiro atoms. The van der Waals surface area contributed by atoms with Crippen molar-refractivity contribution in [3.63, 3.8) is 0 Å². The van der Waals surface area contributed by atoms with Crippen molar-refractivity contribution >= 4 is 11.9 Å². The van der Waals surface area contributed by atoms with E-state index in [0.29, 0.717) is 0 Å². The van der Waals surface area contributed by atoms with Crippen molar-refractivity contribution in [1.29, 1.82) is 0 Å². The Labute approximate surface area is 154 Å². The molecule has 0 aliphatic carbocycles. The Bertz CT molecular complexity index is 356. The first kappa shape index (κ1) is 16.2. The zero-order valence-electron chi connectivity index (χ0n) is 10.1. The van der Waals surface area contributed by atoms with Crippen LogP contribution in [0.4, 0.5) is 0 Å². The van der Waals surface area contributed by atoms with Crippen molar-refractivity contribution in [3.05, 3.63) is 35.9 Å². The molecule has 1 unspecified atom stereocenters. The average Bonchev–Trinajstić information content (AvgIpc) is 2.17. The number of carboxylic acid groups (broad SMARTS) is 2. The molecule has 0 heterocycles. The summed E-state index contributed by atoms with van der Waals surface area (Å²) >= 11 is 0. The zero-order valence-corrected chi connectivity index (χ0v) is 15.4. The van der Waals surface area contributed by atoms with Crippen LogP contribution in [0, 0.1) is 5.92 Å². The predicted molar refractivity (Wildman–Crippen MR) is 54.6 cm³/mol. The summed E-state index contributed by atoms with van der Waals surface area (Å²) in [5, 5.41) is 17.4. The van der Waals surface area contributed by atoms with E-state index in [1.54, 1.807) is 24.3 Å². The van der Waals surface area contributed by atoms with Crippen LogP contribution in [0.1, 0.15) is 13.4 Å². The SMILES string of the molecule is O=C(O)CC(Cc1ccccc1)C(=O)O.[Cs+].[H-]. The third kappa shape index (κ3) is 6.07. The second kappa shape index (κ2) is 8.32. The standard InChI is InChI=1S/C11H12O4.Cs.H/c12-10(13)7-9(11(14)15)6-8-4-2-1-3-5-8;;/h1-5,9H,6-7H2,(H,12,13)(H,14,15);;/q;+1;-1. The van der Waals surface area contributed by atoms with Crippen LogP contribution in [-0.2, 0) is 16.0 Å². The van der Waals surface area contributed by atoms with Gasteiger partial charge < -0.3 is 11.6 Å². The number of hydrogen-bond acceptors (Lipinski definition) is 2. The fraction of sp³-hybridized carbons (Fsp3) is 0.273. The number of hydrogen-bond donors (Lipinski definition) is 2. The van der Waals surface area contributed by atoms with Crippen LogP contribution in [0.3, 0.4) is 0 Å². The molecule has 1 rings (SSSR count). The molecule has 1 aromatic carbocycles. The first-order valence-electron chi connectivity index (χ1n) is 4.58. The third-order valence-corrected chi connectivity index (χ3v) is 2.10. The Morgan fingerprint density at radius 3 is 2.19 bits per heavy atom. The fourth-order valence-corrected chi connectivity index (χ4v) is 1.36.